The highest BCUT2D eigenvalue weighted by molar-refractivity contribution is 5.91. The van der Waals surface area contributed by atoms with E-state index in [-0.39, 0.29) is 12.0 Å². The normalized spacial score (nSPS) is 23.8. The molecule has 0 aromatic carbocycles. The molecule has 2 unspecified atom stereocenters. The fourth-order valence-corrected chi connectivity index (χ4v) is 2.00. The predicted molar refractivity (Wildman–Crippen MR) is 67.4 cm³/mol. The lowest BCUT2D eigenvalue weighted by Gasteiger charge is -2.34. The van der Waals surface area contributed by atoms with Crippen molar-refractivity contribution in [2.75, 3.05) is 25.0 Å². The molecular weight excluding hydrogens is 232 g/mol. The third kappa shape index (κ3) is 2.59. The monoisotopic (exact) mass is 250 g/mol. The molecule has 6 heteroatoms. The van der Waals surface area contributed by atoms with Gasteiger partial charge in [-0.3, -0.25) is 4.79 Å². The SMILES string of the molecule is CNC(=O)c1ccc(N2CCC(C)C(O)C2)nn1. The van der Waals surface area contributed by atoms with E-state index in [1.165, 1.54) is 0 Å². The molecule has 0 radical (unpaired) electrons. The number of nitrogens with one attached hydrogen (secondary N) is 1. The second-order valence-corrected chi connectivity index (χ2v) is 4.64. The Morgan fingerprint density at radius 1 is 1.50 bits per heavy atom. The molecule has 1 aliphatic heterocycles. The molecule has 0 bridgehead atoms. The number of carbonyl (C=O) groups is 1. The zero-order valence-electron chi connectivity index (χ0n) is 10.6. The van der Waals surface area contributed by atoms with Crippen LogP contribution in [0.15, 0.2) is 12.1 Å². The van der Waals surface area contributed by atoms with Crippen molar-refractivity contribution in [3.05, 3.63) is 17.8 Å². The number of β-amino-alcohol motifs (C(OH)–C–C–N with tert-alkyl or cyclic N) is 1. The van der Waals surface area contributed by atoms with Crippen LogP contribution in [-0.2, 0) is 0 Å². The van der Waals surface area contributed by atoms with E-state index < -0.39 is 0 Å². The third-order valence-corrected chi connectivity index (χ3v) is 3.35. The van der Waals surface area contributed by atoms with E-state index in [2.05, 4.69) is 15.5 Å². The van der Waals surface area contributed by atoms with Crippen molar-refractivity contribution in [1.29, 1.82) is 0 Å². The average Bonchev–Trinajstić information content (AvgIpc) is 2.41. The zero-order chi connectivity index (χ0) is 13.1. The van der Waals surface area contributed by atoms with Crippen molar-refractivity contribution >= 4 is 11.7 Å². The molecule has 2 N–H and O–H groups in total. The summed E-state index contributed by atoms with van der Waals surface area (Å²) in [4.78, 5) is 13.3. The fourth-order valence-electron chi connectivity index (χ4n) is 2.00. The lowest BCUT2D eigenvalue weighted by atomic mass is 9.96. The van der Waals surface area contributed by atoms with Crippen molar-refractivity contribution < 1.29 is 9.90 Å². The summed E-state index contributed by atoms with van der Waals surface area (Å²) in [6.45, 7) is 3.46. The van der Waals surface area contributed by atoms with E-state index in [4.69, 9.17) is 0 Å². The number of piperidine rings is 1. The number of aliphatic hydroxyl groups is 1. The minimum atomic E-state index is -0.334. The first-order chi connectivity index (χ1) is 8.61. The lowest BCUT2D eigenvalue weighted by Crippen LogP contribution is -2.43. The summed E-state index contributed by atoms with van der Waals surface area (Å²) in [5.41, 5.74) is 0.298. The first-order valence-electron chi connectivity index (χ1n) is 6.10. The van der Waals surface area contributed by atoms with Gasteiger partial charge in [-0.05, 0) is 24.5 Å². The highest BCUT2D eigenvalue weighted by Gasteiger charge is 2.25. The molecule has 2 rings (SSSR count). The summed E-state index contributed by atoms with van der Waals surface area (Å²) >= 11 is 0. The van der Waals surface area contributed by atoms with Crippen molar-refractivity contribution in [1.82, 2.24) is 15.5 Å². The van der Waals surface area contributed by atoms with Gasteiger partial charge in [0.2, 0.25) is 0 Å². The molecular formula is C12H18N4O2. The molecule has 18 heavy (non-hydrogen) atoms. The first kappa shape index (κ1) is 12.8. The first-order valence-corrected chi connectivity index (χ1v) is 6.10. The average molecular weight is 250 g/mol. The summed E-state index contributed by atoms with van der Waals surface area (Å²) in [6.07, 6.45) is 0.596. The molecule has 2 heterocycles. The molecule has 0 aliphatic carbocycles. The Balaban J connectivity index is 2.08. The minimum absolute atomic E-state index is 0.249. The molecule has 1 aromatic heterocycles. The van der Waals surface area contributed by atoms with E-state index in [9.17, 15) is 9.90 Å². The molecule has 0 spiro atoms. The molecule has 1 aromatic rings. The van der Waals surface area contributed by atoms with E-state index >= 15 is 0 Å². The van der Waals surface area contributed by atoms with E-state index in [1.807, 2.05) is 11.8 Å². The Bertz CT molecular complexity index is 421. The van der Waals surface area contributed by atoms with Gasteiger partial charge in [-0.2, -0.15) is 0 Å². The van der Waals surface area contributed by atoms with E-state index in [1.54, 1.807) is 19.2 Å². The molecule has 2 atom stereocenters. The van der Waals surface area contributed by atoms with Crippen molar-refractivity contribution in [3.63, 3.8) is 0 Å². The van der Waals surface area contributed by atoms with Crippen LogP contribution in [-0.4, -0.2) is 47.5 Å². The number of hydrogen-bond donors (Lipinski definition) is 2. The number of carbonyl (C=O) groups excluding carboxylic acids is 1. The Morgan fingerprint density at radius 3 is 2.83 bits per heavy atom. The topological polar surface area (TPSA) is 78.4 Å². The number of nitrogens with zero attached hydrogens (tertiary/aromatic N) is 3. The van der Waals surface area contributed by atoms with Gasteiger partial charge in [0.1, 0.15) is 0 Å². The van der Waals surface area contributed by atoms with Gasteiger partial charge in [-0.15, -0.1) is 10.2 Å². The van der Waals surface area contributed by atoms with Gasteiger partial charge in [0.05, 0.1) is 6.10 Å². The van der Waals surface area contributed by atoms with Crippen LogP contribution in [0.4, 0.5) is 5.82 Å². The lowest BCUT2D eigenvalue weighted by molar-refractivity contribution is 0.0956. The molecule has 6 nitrogen and oxygen atoms in total. The highest BCUT2D eigenvalue weighted by Crippen LogP contribution is 2.21. The number of anilines is 1. The summed E-state index contributed by atoms with van der Waals surface area (Å²) < 4.78 is 0. The minimum Gasteiger partial charge on any atom is -0.391 e. The molecule has 0 saturated carbocycles. The van der Waals surface area contributed by atoms with Gasteiger partial charge in [0.25, 0.3) is 5.91 Å². The Hall–Kier alpha value is -1.69. The van der Waals surface area contributed by atoms with Crippen LogP contribution in [0.3, 0.4) is 0 Å². The summed E-state index contributed by atoms with van der Waals surface area (Å²) in [6, 6.07) is 3.41. The van der Waals surface area contributed by atoms with Crippen LogP contribution in [0.25, 0.3) is 0 Å². The summed E-state index contributed by atoms with van der Waals surface area (Å²) in [5, 5.41) is 20.3. The molecule has 1 saturated heterocycles. The number of aromatic nitrogens is 2. The van der Waals surface area contributed by atoms with Crippen molar-refractivity contribution in [2.45, 2.75) is 19.4 Å². The van der Waals surface area contributed by atoms with Crippen LogP contribution in [0, 0.1) is 5.92 Å². The standard InChI is InChI=1S/C12H18N4O2/c1-8-5-6-16(7-10(8)17)11-4-3-9(14-15-11)12(18)13-2/h3-4,8,10,17H,5-7H2,1-2H3,(H,13,18). The van der Waals surface area contributed by atoms with Crippen molar-refractivity contribution in [2.24, 2.45) is 5.92 Å². The van der Waals surface area contributed by atoms with Gasteiger partial charge < -0.3 is 15.3 Å². The number of aliphatic hydroxyl groups excluding tert-OH is 1. The number of hydrogen-bond acceptors (Lipinski definition) is 5. The van der Waals surface area contributed by atoms with Gasteiger partial charge in [-0.25, -0.2) is 0 Å². The van der Waals surface area contributed by atoms with E-state index in [0.717, 1.165) is 13.0 Å². The predicted octanol–water partition coefficient (Wildman–Crippen LogP) is 0.0433. The largest absolute Gasteiger partial charge is 0.391 e. The maximum absolute atomic E-state index is 11.3. The van der Waals surface area contributed by atoms with Gasteiger partial charge in [0.15, 0.2) is 11.5 Å². The van der Waals surface area contributed by atoms with Crippen LogP contribution in [0.5, 0.6) is 0 Å². The number of rotatable bonds is 2. The van der Waals surface area contributed by atoms with Crippen LogP contribution in [0.1, 0.15) is 23.8 Å². The molecule has 1 amide bonds. The molecule has 1 fully saturated rings. The van der Waals surface area contributed by atoms with E-state index in [0.29, 0.717) is 24.0 Å². The van der Waals surface area contributed by atoms with Crippen LogP contribution < -0.4 is 10.2 Å². The molecule has 98 valence electrons. The van der Waals surface area contributed by atoms with Gasteiger partial charge in [-0.1, -0.05) is 6.92 Å². The van der Waals surface area contributed by atoms with Gasteiger partial charge >= 0.3 is 0 Å². The maximum Gasteiger partial charge on any atom is 0.271 e. The van der Waals surface area contributed by atoms with Crippen molar-refractivity contribution in [3.8, 4) is 0 Å². The Morgan fingerprint density at radius 2 is 2.28 bits per heavy atom. The van der Waals surface area contributed by atoms with Crippen LogP contribution in [0.2, 0.25) is 0 Å². The molecule has 1 aliphatic rings. The second-order valence-electron chi connectivity index (χ2n) is 4.64. The quantitative estimate of drug-likeness (QED) is 0.775. The third-order valence-electron chi connectivity index (χ3n) is 3.35. The van der Waals surface area contributed by atoms with Gasteiger partial charge in [0, 0.05) is 20.1 Å². The Labute approximate surface area is 106 Å². The maximum atomic E-state index is 11.3. The zero-order valence-corrected chi connectivity index (χ0v) is 10.6. The fraction of sp³-hybridized carbons (Fsp3) is 0.583. The van der Waals surface area contributed by atoms with Crippen LogP contribution >= 0.6 is 0 Å². The second kappa shape index (κ2) is 5.30. The smallest absolute Gasteiger partial charge is 0.271 e. The number of amides is 1. The summed E-state index contributed by atoms with van der Waals surface area (Å²) in [7, 11) is 1.56. The summed E-state index contributed by atoms with van der Waals surface area (Å²) in [5.74, 6) is 0.773. The Kier molecular flexibility index (Phi) is 3.76. The highest BCUT2D eigenvalue weighted by atomic mass is 16.3.